The molecule has 5 heterocycles. The molecule has 0 aliphatic carbocycles. The Bertz CT molecular complexity index is 3150. The fourth-order valence-corrected chi connectivity index (χ4v) is 9.09. The van der Waals surface area contributed by atoms with E-state index in [0.717, 1.165) is 65.6 Å². The van der Waals surface area contributed by atoms with Crippen LogP contribution in [-0.2, 0) is 46.6 Å². The monoisotopic (exact) mass is 1320 g/mol. The van der Waals surface area contributed by atoms with Gasteiger partial charge in [-0.3, -0.25) is 0 Å². The van der Waals surface area contributed by atoms with Gasteiger partial charge in [0.1, 0.15) is 0 Å². The normalized spacial score (nSPS) is 13.3. The number of unbranched alkanes of at least 4 members (excludes halogenated alkanes) is 1. The molecule has 0 spiro atoms. The van der Waals surface area contributed by atoms with Gasteiger partial charge < -0.3 is 44.1 Å². The van der Waals surface area contributed by atoms with E-state index < -0.39 is 0 Å². The van der Waals surface area contributed by atoms with Crippen LogP contribution in [0.1, 0.15) is 39.2 Å². The number of anilines is 10. The average molecular weight is 1320 g/mol. The number of aromatic nitrogens is 2. The maximum absolute atomic E-state index is 6.33. The second-order valence-electron chi connectivity index (χ2n) is 18.6. The van der Waals surface area contributed by atoms with Crippen molar-refractivity contribution in [3.05, 3.63) is 250 Å². The van der Waals surface area contributed by atoms with Crippen molar-refractivity contribution < 1.29 is 45.9 Å². The minimum atomic E-state index is -0.101. The van der Waals surface area contributed by atoms with Crippen LogP contribution in [0, 0.1) is 50.3 Å². The Labute approximate surface area is 464 Å². The molecule has 0 saturated heterocycles. The Morgan fingerprint density at radius 1 is 0.459 bits per heavy atom. The van der Waals surface area contributed by atoms with Gasteiger partial charge in [-0.1, -0.05) is 75.4 Å². The summed E-state index contributed by atoms with van der Waals surface area (Å²) in [5.41, 5.74) is 13.5. The third kappa shape index (κ3) is 11.3. The molecule has 3 aliphatic heterocycles. The van der Waals surface area contributed by atoms with Crippen molar-refractivity contribution in [3.8, 4) is 22.9 Å². The van der Waals surface area contributed by atoms with Gasteiger partial charge >= 0.3 is 0 Å². The number of nitrogens with zero attached hydrogens (tertiary/aromatic N) is 8. The van der Waals surface area contributed by atoms with Crippen LogP contribution < -0.4 is 34.1 Å². The molecule has 74 heavy (non-hydrogen) atoms. The minimum absolute atomic E-state index is 0. The molecule has 9 aromatic rings. The zero-order valence-electron chi connectivity index (χ0n) is 41.2. The van der Waals surface area contributed by atoms with Crippen LogP contribution in [0.25, 0.3) is 11.4 Å². The van der Waals surface area contributed by atoms with Gasteiger partial charge in [0, 0.05) is 92.5 Å². The summed E-state index contributed by atoms with van der Waals surface area (Å²) < 4.78 is 6.33. The van der Waals surface area contributed by atoms with Gasteiger partial charge in [0.05, 0.1) is 0 Å². The van der Waals surface area contributed by atoms with Crippen molar-refractivity contribution in [2.24, 2.45) is 0 Å². The van der Waals surface area contributed by atoms with Crippen molar-refractivity contribution >= 4 is 56.9 Å². The average Bonchev–Trinajstić information content (AvgIpc) is 4.13. The summed E-state index contributed by atoms with van der Waals surface area (Å²) in [6.07, 6.45) is 5.60. The molecule has 9 nitrogen and oxygen atoms in total. The van der Waals surface area contributed by atoms with Crippen LogP contribution >= 0.6 is 0 Å². The molecule has 0 bridgehead atoms. The van der Waals surface area contributed by atoms with E-state index in [4.69, 9.17) is 4.74 Å². The molecule has 0 atom stereocenters. The van der Waals surface area contributed by atoms with Gasteiger partial charge in [-0.05, 0) is 92.3 Å². The molecule has 11 heteroatoms. The Balaban J connectivity index is 0.000000178. The van der Waals surface area contributed by atoms with Crippen LogP contribution in [0.2, 0.25) is 0 Å². The van der Waals surface area contributed by atoms with E-state index in [2.05, 4.69) is 238 Å². The summed E-state index contributed by atoms with van der Waals surface area (Å²) in [5.74, 6) is 1.15. The molecule has 1 radical (unpaired) electrons. The first-order valence-corrected chi connectivity index (χ1v) is 24.3. The number of hydrogen-bond donors (Lipinski definition) is 0. The second kappa shape index (κ2) is 23.3. The zero-order chi connectivity index (χ0) is 48.9. The Morgan fingerprint density at radius 3 is 1.50 bits per heavy atom. The smallest absolute Gasteiger partial charge is 0.0344 e. The van der Waals surface area contributed by atoms with E-state index in [1.807, 2.05) is 42.5 Å². The van der Waals surface area contributed by atoms with Crippen LogP contribution in [0.4, 0.5) is 56.9 Å². The first-order chi connectivity index (χ1) is 35.3. The van der Waals surface area contributed by atoms with Gasteiger partial charge in [0.15, 0.2) is 0 Å². The third-order valence-electron chi connectivity index (χ3n) is 12.7. The number of ether oxygens (including phenoxy) is 1. The SMILES string of the molecule is CC(C)(C)c1cc(Oc2[c-]c(-c3[c-]cccn3)ncc2)[c-]c(N2[CH-]N(c3ccccc3)c3ccccc32)c1.[Ir].[Pt].[c-]1ccccc1N1[CH-]N(CCCCN2[CH-]N(c3[c-]cccc3)c3ccccc32)c2ccccc21. The van der Waals surface area contributed by atoms with Crippen molar-refractivity contribution in [3.63, 3.8) is 0 Å². The molecule has 377 valence electrons. The second-order valence-corrected chi connectivity index (χ2v) is 18.6. The topological polar surface area (TPSA) is 54.5 Å². The molecule has 0 saturated carbocycles. The number of hydrogen-bond acceptors (Lipinski definition) is 9. The van der Waals surface area contributed by atoms with Crippen LogP contribution in [-0.4, -0.2) is 23.1 Å². The molecule has 3 aliphatic rings. The van der Waals surface area contributed by atoms with Crippen molar-refractivity contribution in [2.45, 2.75) is 39.0 Å². The molecule has 0 amide bonds. The van der Waals surface area contributed by atoms with Gasteiger partial charge in [-0.25, -0.2) is 6.07 Å². The third-order valence-corrected chi connectivity index (χ3v) is 12.7. The Morgan fingerprint density at radius 2 is 0.959 bits per heavy atom. The van der Waals surface area contributed by atoms with E-state index in [1.165, 1.54) is 22.7 Å². The fourth-order valence-electron chi connectivity index (χ4n) is 9.09. The number of fused-ring (bicyclic) bond motifs is 3. The summed E-state index contributed by atoms with van der Waals surface area (Å²) >= 11 is 0. The maximum Gasteiger partial charge on any atom is 0.0344 e. The molecule has 0 unspecified atom stereocenters. The maximum atomic E-state index is 6.33. The zero-order valence-corrected chi connectivity index (χ0v) is 45.8. The molecule has 12 rings (SSSR count). The Kier molecular flexibility index (Phi) is 16.3. The summed E-state index contributed by atoms with van der Waals surface area (Å²) in [7, 11) is 0. The van der Waals surface area contributed by atoms with Crippen molar-refractivity contribution in [2.75, 3.05) is 42.5 Å². The predicted octanol–water partition coefficient (Wildman–Crippen LogP) is 15.0. The van der Waals surface area contributed by atoms with Crippen LogP contribution in [0.5, 0.6) is 11.5 Å². The largest absolute Gasteiger partial charge is 0.510 e. The van der Waals surface area contributed by atoms with Crippen molar-refractivity contribution in [1.82, 2.24) is 9.97 Å². The summed E-state index contributed by atoms with van der Waals surface area (Å²) in [6.45, 7) is 15.1. The first kappa shape index (κ1) is 51.7. The first-order valence-electron chi connectivity index (χ1n) is 24.3. The van der Waals surface area contributed by atoms with E-state index in [1.54, 1.807) is 24.5 Å². The molecule has 2 aromatic heterocycles. The fraction of sp³-hybridized carbons (Fsp3) is 0.127. The van der Waals surface area contributed by atoms with Crippen LogP contribution in [0.3, 0.4) is 0 Å². The van der Waals surface area contributed by atoms with Crippen molar-refractivity contribution in [1.29, 1.82) is 0 Å². The van der Waals surface area contributed by atoms with Crippen LogP contribution in [0.15, 0.2) is 194 Å². The van der Waals surface area contributed by atoms with Gasteiger partial charge in [0.25, 0.3) is 0 Å². The number of pyridine rings is 2. The minimum Gasteiger partial charge on any atom is -0.510 e. The number of rotatable bonds is 12. The predicted molar refractivity (Wildman–Crippen MR) is 291 cm³/mol. The molecule has 7 aromatic carbocycles. The van der Waals surface area contributed by atoms with Gasteiger partial charge in [0.2, 0.25) is 0 Å². The van der Waals surface area contributed by atoms with E-state index >= 15 is 0 Å². The van der Waals surface area contributed by atoms with Gasteiger partial charge in [-0.15, -0.1) is 71.0 Å². The molecular weight excluding hydrogens is 1270 g/mol. The molecule has 0 fully saturated rings. The summed E-state index contributed by atoms with van der Waals surface area (Å²) in [4.78, 5) is 22.3. The van der Waals surface area contributed by atoms with E-state index in [-0.39, 0.29) is 46.6 Å². The molecule has 0 N–H and O–H groups in total. The quantitative estimate of drug-likeness (QED) is 0.0879. The van der Waals surface area contributed by atoms with E-state index in [9.17, 15) is 0 Å². The molecular formula is C63H52IrN8OPt-8. The van der Waals surface area contributed by atoms with E-state index in [0.29, 0.717) is 22.9 Å². The standard InChI is InChI=1S/C33H26N4O.C30H26N4.Ir.Pt/c1-33(2,3)24-19-26(37-23-36(25-11-5-4-6-12-25)31-14-7-8-15-32(31)37)21-28(20-24)38-27-16-18-35-30(22-27)29-13-9-10-17-34-29;1-3-13-25(14-4-1)33-23-31(27-17-7-9-19-29(27)33)21-11-12-22-32-24-34(26-15-5-2-6-16-26)30-20-10-8-18-28(30)32;;/h4-12,14-20,23H,1-3H3;1-10,13,15,17-20,23-24H,11-12,21-22H2;;/q2*-4;;. The number of benzene rings is 7. The summed E-state index contributed by atoms with van der Waals surface area (Å²) in [6, 6.07) is 78.4. The summed E-state index contributed by atoms with van der Waals surface area (Å²) in [5, 5.41) is 0. The van der Waals surface area contributed by atoms with Gasteiger partial charge in [-0.2, -0.15) is 86.1 Å². The number of para-hydroxylation sites is 9. The Hall–Kier alpha value is -7.22.